The molecule has 0 atom stereocenters. The standard InChI is InChI=1S/C50H28N2/c1-3-13-29(14-4-1)43-45-37-23-11-21-35-40-26-32-18-8-10-20-34(32)28-42(40)52(47(35)37)50(45)44(30-15-5-2-6-16-30)46-38-24-12-22-36-39-25-31-17-7-9-19-33(31)27-41(39)51(48(36)38)49(43)46/h1-28H. The molecule has 0 saturated carbocycles. The molecule has 13 rings (SSSR count). The molecular formula is C50H28N2. The van der Waals surface area contributed by atoms with Crippen LogP contribution in [0.1, 0.15) is 0 Å². The Bertz CT molecular complexity index is 3360. The van der Waals surface area contributed by atoms with Crippen LogP contribution < -0.4 is 0 Å². The van der Waals surface area contributed by atoms with Crippen molar-refractivity contribution in [3.63, 3.8) is 0 Å². The topological polar surface area (TPSA) is 8.82 Å². The van der Waals surface area contributed by atoms with E-state index in [-0.39, 0.29) is 0 Å². The van der Waals surface area contributed by atoms with Gasteiger partial charge in [-0.05, 0) is 56.9 Å². The van der Waals surface area contributed by atoms with Gasteiger partial charge >= 0.3 is 0 Å². The van der Waals surface area contributed by atoms with Crippen molar-refractivity contribution in [2.75, 3.05) is 0 Å². The molecule has 0 amide bonds. The van der Waals surface area contributed by atoms with E-state index in [0.29, 0.717) is 0 Å². The average Bonchev–Trinajstić information content (AvgIpc) is 3.93. The molecule has 4 aromatic heterocycles. The predicted octanol–water partition coefficient (Wildman–Crippen LogP) is 13.6. The first-order chi connectivity index (χ1) is 25.8. The van der Waals surface area contributed by atoms with Crippen molar-refractivity contribution in [2.24, 2.45) is 0 Å². The highest BCUT2D eigenvalue weighted by Gasteiger charge is 2.30. The second kappa shape index (κ2) is 9.45. The van der Waals surface area contributed by atoms with Gasteiger partial charge in [0.25, 0.3) is 0 Å². The zero-order valence-corrected chi connectivity index (χ0v) is 28.1. The van der Waals surface area contributed by atoms with Gasteiger partial charge in [-0.2, -0.15) is 0 Å². The van der Waals surface area contributed by atoms with Gasteiger partial charge in [0, 0.05) is 54.2 Å². The Morgan fingerprint density at radius 3 is 1.06 bits per heavy atom. The third kappa shape index (κ3) is 3.18. The van der Waals surface area contributed by atoms with E-state index in [1.807, 2.05) is 0 Å². The Hall–Kier alpha value is -6.90. The molecule has 13 aromatic rings. The molecule has 0 radical (unpaired) electrons. The van der Waals surface area contributed by atoms with E-state index < -0.39 is 0 Å². The third-order valence-electron chi connectivity index (χ3n) is 11.9. The van der Waals surface area contributed by atoms with Crippen molar-refractivity contribution >= 4 is 97.7 Å². The van der Waals surface area contributed by atoms with Crippen LogP contribution in [-0.4, -0.2) is 8.80 Å². The molecule has 2 heteroatoms. The highest BCUT2D eigenvalue weighted by atomic mass is 14.9. The Balaban J connectivity index is 1.40. The van der Waals surface area contributed by atoms with Gasteiger partial charge in [0.1, 0.15) is 0 Å². The van der Waals surface area contributed by atoms with Crippen LogP contribution in [0.15, 0.2) is 170 Å². The molecular weight excluding hydrogens is 629 g/mol. The highest BCUT2D eigenvalue weighted by Crippen LogP contribution is 2.54. The molecule has 0 bridgehead atoms. The first-order valence-electron chi connectivity index (χ1n) is 18.1. The molecule has 4 heterocycles. The monoisotopic (exact) mass is 656 g/mol. The van der Waals surface area contributed by atoms with Crippen LogP contribution in [0.2, 0.25) is 0 Å². The zero-order valence-electron chi connectivity index (χ0n) is 28.1. The quantitative estimate of drug-likeness (QED) is 0.175. The summed E-state index contributed by atoms with van der Waals surface area (Å²) in [5, 5.41) is 15.5. The number of benzene rings is 9. The first kappa shape index (κ1) is 26.9. The van der Waals surface area contributed by atoms with Crippen molar-refractivity contribution in [1.29, 1.82) is 0 Å². The van der Waals surface area contributed by atoms with E-state index in [1.165, 1.54) is 120 Å². The summed E-state index contributed by atoms with van der Waals surface area (Å²) in [6.07, 6.45) is 0. The summed E-state index contributed by atoms with van der Waals surface area (Å²) in [6.45, 7) is 0. The molecule has 9 aromatic carbocycles. The molecule has 0 aliphatic carbocycles. The van der Waals surface area contributed by atoms with Crippen LogP contribution in [-0.2, 0) is 0 Å². The summed E-state index contributed by atoms with van der Waals surface area (Å²) in [5.41, 5.74) is 12.7. The van der Waals surface area contributed by atoms with Crippen LogP contribution in [0.5, 0.6) is 0 Å². The fourth-order valence-electron chi connectivity index (χ4n) is 9.84. The lowest BCUT2D eigenvalue weighted by Crippen LogP contribution is -1.93. The van der Waals surface area contributed by atoms with Crippen molar-refractivity contribution < 1.29 is 0 Å². The summed E-state index contributed by atoms with van der Waals surface area (Å²) in [7, 11) is 0. The molecule has 0 unspecified atom stereocenters. The Morgan fingerprint density at radius 1 is 0.269 bits per heavy atom. The first-order valence-corrected chi connectivity index (χ1v) is 18.1. The van der Waals surface area contributed by atoms with Gasteiger partial charge in [-0.15, -0.1) is 0 Å². The fraction of sp³-hybridized carbons (Fsp3) is 0. The number of fused-ring (bicyclic) bond motifs is 14. The second-order valence-electron chi connectivity index (χ2n) is 14.4. The van der Waals surface area contributed by atoms with Crippen LogP contribution in [0.3, 0.4) is 0 Å². The van der Waals surface area contributed by atoms with E-state index in [9.17, 15) is 0 Å². The van der Waals surface area contributed by atoms with Crippen molar-refractivity contribution in [3.8, 4) is 22.3 Å². The summed E-state index contributed by atoms with van der Waals surface area (Å²) in [4.78, 5) is 0. The molecule has 2 nitrogen and oxygen atoms in total. The molecule has 0 fully saturated rings. The largest absolute Gasteiger partial charge is 0.307 e. The number of hydrogen-bond donors (Lipinski definition) is 0. The third-order valence-corrected chi connectivity index (χ3v) is 11.9. The van der Waals surface area contributed by atoms with Crippen molar-refractivity contribution in [2.45, 2.75) is 0 Å². The van der Waals surface area contributed by atoms with Crippen LogP contribution >= 0.6 is 0 Å². The van der Waals surface area contributed by atoms with E-state index in [2.05, 4.69) is 179 Å². The maximum absolute atomic E-state index is 2.61. The minimum atomic E-state index is 1.23. The molecule has 0 spiro atoms. The lowest BCUT2D eigenvalue weighted by molar-refractivity contribution is 1.36. The van der Waals surface area contributed by atoms with Crippen molar-refractivity contribution in [3.05, 3.63) is 170 Å². The summed E-state index contributed by atoms with van der Waals surface area (Å²) >= 11 is 0. The lowest BCUT2D eigenvalue weighted by atomic mass is 9.89. The van der Waals surface area contributed by atoms with Crippen LogP contribution in [0.25, 0.3) is 120 Å². The average molecular weight is 657 g/mol. The smallest absolute Gasteiger partial charge is 0.0634 e. The predicted molar refractivity (Wildman–Crippen MR) is 222 cm³/mol. The van der Waals surface area contributed by atoms with Crippen LogP contribution in [0, 0.1) is 0 Å². The van der Waals surface area contributed by atoms with Gasteiger partial charge in [0.15, 0.2) is 0 Å². The van der Waals surface area contributed by atoms with E-state index in [0.717, 1.165) is 0 Å². The summed E-state index contributed by atoms with van der Waals surface area (Å²) in [5.74, 6) is 0. The SMILES string of the molecule is c1ccc(-c2c3c4cccc5c6cc7ccccc7cc6n(c3c(-c3ccccc3)c3c6cccc7c8cc9ccccc9cc8n(c23)c76)c54)cc1. The Labute approximate surface area is 297 Å². The molecule has 0 saturated heterocycles. The molecule has 0 N–H and O–H groups in total. The molecule has 0 aliphatic heterocycles. The second-order valence-corrected chi connectivity index (χ2v) is 14.4. The number of rotatable bonds is 2. The van der Waals surface area contributed by atoms with Crippen molar-refractivity contribution in [1.82, 2.24) is 8.80 Å². The number of nitrogens with zero attached hydrogens (tertiary/aromatic N) is 2. The fourth-order valence-corrected chi connectivity index (χ4v) is 9.84. The Kier molecular flexibility index (Phi) is 4.89. The maximum Gasteiger partial charge on any atom is 0.0634 e. The number of aromatic nitrogens is 2. The number of para-hydroxylation sites is 2. The van der Waals surface area contributed by atoms with Crippen LogP contribution in [0.4, 0.5) is 0 Å². The highest BCUT2D eigenvalue weighted by molar-refractivity contribution is 6.38. The van der Waals surface area contributed by atoms with Gasteiger partial charge < -0.3 is 8.80 Å². The van der Waals surface area contributed by atoms with Gasteiger partial charge in [-0.25, -0.2) is 0 Å². The van der Waals surface area contributed by atoms with Gasteiger partial charge in [0.05, 0.1) is 33.1 Å². The lowest BCUT2D eigenvalue weighted by Gasteiger charge is -2.16. The van der Waals surface area contributed by atoms with Gasteiger partial charge in [0.2, 0.25) is 0 Å². The van der Waals surface area contributed by atoms with E-state index in [4.69, 9.17) is 0 Å². The maximum atomic E-state index is 2.61. The zero-order chi connectivity index (χ0) is 33.7. The minimum Gasteiger partial charge on any atom is -0.307 e. The van der Waals surface area contributed by atoms with E-state index >= 15 is 0 Å². The number of hydrogen-bond acceptors (Lipinski definition) is 0. The van der Waals surface area contributed by atoms with Gasteiger partial charge in [-0.3, -0.25) is 0 Å². The van der Waals surface area contributed by atoms with Gasteiger partial charge in [-0.1, -0.05) is 146 Å². The normalized spacial score (nSPS) is 12.6. The summed E-state index contributed by atoms with van der Waals surface area (Å²) < 4.78 is 5.21. The Morgan fingerprint density at radius 2 is 0.635 bits per heavy atom. The molecule has 238 valence electrons. The van der Waals surface area contributed by atoms with E-state index in [1.54, 1.807) is 0 Å². The molecule has 52 heavy (non-hydrogen) atoms. The summed E-state index contributed by atoms with van der Waals surface area (Å²) in [6, 6.07) is 63.3. The minimum absolute atomic E-state index is 1.23. The molecule has 0 aliphatic rings.